The number of aromatic hydroxyl groups is 1. The second kappa shape index (κ2) is 5.67. The number of phenols is 1. The maximum Gasteiger partial charge on any atom is 0.163 e. The minimum absolute atomic E-state index is 0. The van der Waals surface area contributed by atoms with Gasteiger partial charge in [0.2, 0.25) is 0 Å². The summed E-state index contributed by atoms with van der Waals surface area (Å²) in [6, 6.07) is 5.27. The van der Waals surface area contributed by atoms with Crippen LogP contribution >= 0.6 is 12.4 Å². The number of hydrogen-bond donors (Lipinski definition) is 2. The molecule has 0 heterocycles. The van der Waals surface area contributed by atoms with Crippen LogP contribution in [0.5, 0.6) is 11.5 Å². The Morgan fingerprint density at radius 3 is 2.69 bits per heavy atom. The first-order valence-corrected chi connectivity index (χ1v) is 3.84. The van der Waals surface area contributed by atoms with Crippen molar-refractivity contribution in [3.63, 3.8) is 0 Å². The van der Waals surface area contributed by atoms with Gasteiger partial charge in [-0.3, -0.25) is 0 Å². The summed E-state index contributed by atoms with van der Waals surface area (Å²) >= 11 is 0. The van der Waals surface area contributed by atoms with Crippen LogP contribution in [0.1, 0.15) is 5.56 Å². The molecule has 1 aromatic rings. The van der Waals surface area contributed by atoms with Crippen molar-refractivity contribution in [2.45, 2.75) is 6.42 Å². The molecule has 0 bridgehead atoms. The smallest absolute Gasteiger partial charge is 0.163 e. The lowest BCUT2D eigenvalue weighted by atomic mass is 10.1. The average molecular weight is 204 g/mol. The van der Waals surface area contributed by atoms with E-state index in [1.165, 1.54) is 7.11 Å². The molecule has 0 spiro atoms. The van der Waals surface area contributed by atoms with Gasteiger partial charge < -0.3 is 15.6 Å². The summed E-state index contributed by atoms with van der Waals surface area (Å²) in [7, 11) is 1.54. The SMILES string of the molecule is COc1c(O)cccc1CCN.Cl. The normalized spacial score (nSPS) is 9.08. The molecular formula is C9H14ClNO2. The van der Waals surface area contributed by atoms with E-state index in [-0.39, 0.29) is 18.2 Å². The van der Waals surface area contributed by atoms with E-state index in [0.717, 1.165) is 12.0 Å². The summed E-state index contributed by atoms with van der Waals surface area (Å²) in [6.07, 6.45) is 0.720. The molecule has 0 aromatic heterocycles. The molecule has 0 aliphatic rings. The molecule has 4 heteroatoms. The summed E-state index contributed by atoms with van der Waals surface area (Å²) in [4.78, 5) is 0. The average Bonchev–Trinajstić information content (AvgIpc) is 2.05. The van der Waals surface area contributed by atoms with Crippen LogP contribution in [0.4, 0.5) is 0 Å². The van der Waals surface area contributed by atoms with Crippen molar-refractivity contribution in [3.05, 3.63) is 23.8 Å². The quantitative estimate of drug-likeness (QED) is 0.779. The van der Waals surface area contributed by atoms with Crippen molar-refractivity contribution in [2.24, 2.45) is 5.73 Å². The van der Waals surface area contributed by atoms with E-state index in [0.29, 0.717) is 12.3 Å². The Balaban J connectivity index is 0.00000144. The lowest BCUT2D eigenvalue weighted by Crippen LogP contribution is -2.04. The van der Waals surface area contributed by atoms with Crippen LogP contribution in [-0.4, -0.2) is 18.8 Å². The lowest BCUT2D eigenvalue weighted by molar-refractivity contribution is 0.369. The van der Waals surface area contributed by atoms with Crippen molar-refractivity contribution in [1.29, 1.82) is 0 Å². The molecule has 74 valence electrons. The Kier molecular flexibility index (Phi) is 5.26. The van der Waals surface area contributed by atoms with Gasteiger partial charge in [-0.05, 0) is 24.6 Å². The minimum atomic E-state index is 0. The standard InChI is InChI=1S/C9H13NO2.ClH/c1-12-9-7(5-6-10)3-2-4-8(9)11;/h2-4,11H,5-6,10H2,1H3;1H. The third-order valence-corrected chi connectivity index (χ3v) is 1.69. The van der Waals surface area contributed by atoms with Gasteiger partial charge in [0.05, 0.1) is 7.11 Å². The zero-order valence-corrected chi connectivity index (χ0v) is 8.30. The number of methoxy groups -OCH3 is 1. The van der Waals surface area contributed by atoms with Gasteiger partial charge in [0.25, 0.3) is 0 Å². The van der Waals surface area contributed by atoms with Crippen LogP contribution in [0.15, 0.2) is 18.2 Å². The highest BCUT2D eigenvalue weighted by Gasteiger charge is 2.05. The molecule has 3 N–H and O–H groups in total. The van der Waals surface area contributed by atoms with E-state index >= 15 is 0 Å². The Morgan fingerprint density at radius 2 is 2.15 bits per heavy atom. The summed E-state index contributed by atoms with van der Waals surface area (Å²) in [5, 5.41) is 9.35. The number of ether oxygens (including phenoxy) is 1. The molecule has 0 saturated heterocycles. The predicted octanol–water partition coefficient (Wildman–Crippen LogP) is 1.32. The largest absolute Gasteiger partial charge is 0.504 e. The highest BCUT2D eigenvalue weighted by molar-refractivity contribution is 5.85. The van der Waals surface area contributed by atoms with Gasteiger partial charge in [-0.2, -0.15) is 0 Å². The first kappa shape index (κ1) is 12.1. The third kappa shape index (κ3) is 2.79. The number of benzene rings is 1. The topological polar surface area (TPSA) is 55.5 Å². The monoisotopic (exact) mass is 203 g/mol. The number of rotatable bonds is 3. The third-order valence-electron chi connectivity index (χ3n) is 1.69. The van der Waals surface area contributed by atoms with Gasteiger partial charge >= 0.3 is 0 Å². The zero-order chi connectivity index (χ0) is 8.97. The molecular weight excluding hydrogens is 190 g/mol. The van der Waals surface area contributed by atoms with Gasteiger partial charge in [0, 0.05) is 0 Å². The minimum Gasteiger partial charge on any atom is -0.504 e. The molecule has 0 atom stereocenters. The van der Waals surface area contributed by atoms with Crippen LogP contribution in [0.25, 0.3) is 0 Å². The van der Waals surface area contributed by atoms with Crippen molar-refractivity contribution in [3.8, 4) is 11.5 Å². The highest BCUT2D eigenvalue weighted by Crippen LogP contribution is 2.29. The molecule has 0 fully saturated rings. The molecule has 1 rings (SSSR count). The molecule has 0 aliphatic carbocycles. The van der Waals surface area contributed by atoms with Gasteiger partial charge in [0.1, 0.15) is 0 Å². The first-order chi connectivity index (χ1) is 5.79. The second-order valence-corrected chi connectivity index (χ2v) is 2.51. The molecule has 0 aliphatic heterocycles. The lowest BCUT2D eigenvalue weighted by Gasteiger charge is -2.08. The van der Waals surface area contributed by atoms with E-state index in [1.807, 2.05) is 6.07 Å². The highest BCUT2D eigenvalue weighted by atomic mass is 35.5. The zero-order valence-electron chi connectivity index (χ0n) is 7.49. The predicted molar refractivity (Wildman–Crippen MR) is 54.7 cm³/mol. The van der Waals surface area contributed by atoms with E-state index < -0.39 is 0 Å². The van der Waals surface area contributed by atoms with Crippen LogP contribution in [-0.2, 0) is 6.42 Å². The fourth-order valence-electron chi connectivity index (χ4n) is 1.16. The van der Waals surface area contributed by atoms with E-state index in [1.54, 1.807) is 12.1 Å². The number of halogens is 1. The number of phenolic OH excluding ortho intramolecular Hbond substituents is 1. The molecule has 0 radical (unpaired) electrons. The van der Waals surface area contributed by atoms with Crippen LogP contribution in [0.2, 0.25) is 0 Å². The molecule has 13 heavy (non-hydrogen) atoms. The van der Waals surface area contributed by atoms with Gasteiger partial charge in [-0.1, -0.05) is 12.1 Å². The van der Waals surface area contributed by atoms with E-state index in [9.17, 15) is 5.11 Å². The van der Waals surface area contributed by atoms with Gasteiger partial charge in [0.15, 0.2) is 11.5 Å². The molecule has 1 aromatic carbocycles. The summed E-state index contributed by atoms with van der Waals surface area (Å²) < 4.78 is 5.02. The van der Waals surface area contributed by atoms with Crippen LogP contribution < -0.4 is 10.5 Å². The maximum atomic E-state index is 9.35. The van der Waals surface area contributed by atoms with Crippen molar-refractivity contribution in [2.75, 3.05) is 13.7 Å². The number of para-hydroxylation sites is 1. The Morgan fingerprint density at radius 1 is 1.46 bits per heavy atom. The first-order valence-electron chi connectivity index (χ1n) is 3.84. The van der Waals surface area contributed by atoms with Gasteiger partial charge in [-0.25, -0.2) is 0 Å². The molecule has 0 unspecified atom stereocenters. The summed E-state index contributed by atoms with van der Waals surface area (Å²) in [6.45, 7) is 0.555. The van der Waals surface area contributed by atoms with Crippen LogP contribution in [0.3, 0.4) is 0 Å². The van der Waals surface area contributed by atoms with E-state index in [2.05, 4.69) is 0 Å². The Labute approximate surface area is 83.9 Å². The number of hydrogen-bond acceptors (Lipinski definition) is 3. The fourth-order valence-corrected chi connectivity index (χ4v) is 1.16. The summed E-state index contributed by atoms with van der Waals surface area (Å²) in [5.41, 5.74) is 6.34. The van der Waals surface area contributed by atoms with E-state index in [4.69, 9.17) is 10.5 Å². The maximum absolute atomic E-state index is 9.35. The Bertz CT molecular complexity index is 266. The van der Waals surface area contributed by atoms with Crippen LogP contribution in [0, 0.1) is 0 Å². The van der Waals surface area contributed by atoms with Crippen molar-refractivity contribution in [1.82, 2.24) is 0 Å². The molecule has 0 amide bonds. The second-order valence-electron chi connectivity index (χ2n) is 2.51. The fraction of sp³-hybridized carbons (Fsp3) is 0.333. The molecule has 3 nitrogen and oxygen atoms in total. The molecule has 0 saturated carbocycles. The van der Waals surface area contributed by atoms with Gasteiger partial charge in [-0.15, -0.1) is 12.4 Å². The summed E-state index contributed by atoms with van der Waals surface area (Å²) in [5.74, 6) is 0.700. The Hall–Kier alpha value is -0.930. The number of nitrogens with two attached hydrogens (primary N) is 1. The van der Waals surface area contributed by atoms with Crippen molar-refractivity contribution >= 4 is 12.4 Å². The van der Waals surface area contributed by atoms with Crippen molar-refractivity contribution < 1.29 is 9.84 Å².